The molecule has 1 aliphatic rings. The average molecular weight is 437 g/mol. The molecule has 2 atom stereocenters. The smallest absolute Gasteiger partial charge is 0.227 e. The fraction of sp³-hybridized carbons (Fsp3) is 0.542. The third-order valence-electron chi connectivity index (χ3n) is 6.32. The van der Waals surface area contributed by atoms with Gasteiger partial charge in [0.15, 0.2) is 11.3 Å². The number of anilines is 2. The molecule has 1 aromatic carbocycles. The van der Waals surface area contributed by atoms with E-state index in [9.17, 15) is 0 Å². The maximum absolute atomic E-state index is 6.43. The molecule has 0 spiro atoms. The normalized spacial score (nSPS) is 19.9. The van der Waals surface area contributed by atoms with Crippen LogP contribution in [0.1, 0.15) is 76.6 Å². The van der Waals surface area contributed by atoms with Gasteiger partial charge in [0.2, 0.25) is 5.62 Å². The quantitative estimate of drug-likeness (QED) is 0.437. The predicted octanol–water partition coefficient (Wildman–Crippen LogP) is 3.83. The van der Waals surface area contributed by atoms with Gasteiger partial charge in [0.25, 0.3) is 0 Å². The highest BCUT2D eigenvalue weighted by Crippen LogP contribution is 2.28. The van der Waals surface area contributed by atoms with Gasteiger partial charge in [-0.15, -0.1) is 0 Å². The standard InChI is InChI=1S/C24H36N8/c1-14(2)20-22-21(31-30-20)23(27-13-16-9-5-6-10-17(16)25)29-24(32(22)15(3)4)28-19-12-8-7-11-18(19)26/h5-6,9-10,14-15,18-19H,7-8,11-13,25-26H2,1-4H3,(H,30,31)(H,27,28,29). The number of hydrogen-bond acceptors (Lipinski definition) is 6. The molecule has 0 radical (unpaired) electrons. The van der Waals surface area contributed by atoms with E-state index in [0.29, 0.717) is 18.0 Å². The summed E-state index contributed by atoms with van der Waals surface area (Å²) in [6.07, 6.45) is 4.35. The molecule has 1 aliphatic carbocycles. The third kappa shape index (κ3) is 4.37. The Morgan fingerprint density at radius 1 is 1.19 bits per heavy atom. The monoisotopic (exact) mass is 436 g/mol. The molecule has 0 amide bonds. The highest BCUT2D eigenvalue weighted by atomic mass is 15.2. The summed E-state index contributed by atoms with van der Waals surface area (Å²) < 4.78 is 2.21. The molecular formula is C24H36N8. The van der Waals surface area contributed by atoms with E-state index < -0.39 is 0 Å². The molecular weight excluding hydrogens is 400 g/mol. The van der Waals surface area contributed by atoms with Gasteiger partial charge < -0.3 is 21.4 Å². The van der Waals surface area contributed by atoms with E-state index >= 15 is 0 Å². The van der Waals surface area contributed by atoms with Crippen LogP contribution in [0.5, 0.6) is 0 Å². The van der Waals surface area contributed by atoms with E-state index in [1.54, 1.807) is 0 Å². The van der Waals surface area contributed by atoms with Crippen molar-refractivity contribution in [1.82, 2.24) is 19.7 Å². The summed E-state index contributed by atoms with van der Waals surface area (Å²) in [5, 5.41) is 11.4. The Balaban J connectivity index is 1.88. The highest BCUT2D eigenvalue weighted by Gasteiger charge is 2.24. The first-order valence-electron chi connectivity index (χ1n) is 11.7. The fourth-order valence-corrected chi connectivity index (χ4v) is 4.49. The molecule has 2 unspecified atom stereocenters. The van der Waals surface area contributed by atoms with Gasteiger partial charge in [-0.1, -0.05) is 44.9 Å². The number of H-pyrrole nitrogens is 1. The van der Waals surface area contributed by atoms with E-state index in [4.69, 9.17) is 21.4 Å². The minimum absolute atomic E-state index is 0.0799. The summed E-state index contributed by atoms with van der Waals surface area (Å²) in [6, 6.07) is 8.21. The minimum Gasteiger partial charge on any atom is -0.398 e. The van der Waals surface area contributed by atoms with Gasteiger partial charge in [-0.3, -0.25) is 5.10 Å². The Hall–Kier alpha value is -2.87. The molecule has 8 heteroatoms. The number of nitrogens with two attached hydrogens (primary N) is 2. The van der Waals surface area contributed by atoms with E-state index in [1.807, 2.05) is 24.3 Å². The SMILES string of the molecule is CC(C)c1[nH]nc2c(NCc3ccccc3N)nc(=NC3CCCCC3N)n(C(C)C)c12. The molecule has 1 saturated carbocycles. The second kappa shape index (κ2) is 9.32. The first-order valence-corrected chi connectivity index (χ1v) is 11.7. The van der Waals surface area contributed by atoms with Crippen molar-refractivity contribution in [2.24, 2.45) is 10.7 Å². The van der Waals surface area contributed by atoms with Crippen molar-refractivity contribution < 1.29 is 0 Å². The number of fused-ring (bicyclic) bond motifs is 1. The number of aromatic amines is 1. The van der Waals surface area contributed by atoms with Crippen LogP contribution in [-0.4, -0.2) is 31.8 Å². The second-order valence-corrected chi connectivity index (χ2v) is 9.41. The van der Waals surface area contributed by atoms with Crippen LogP contribution in [0.3, 0.4) is 0 Å². The molecule has 0 bridgehead atoms. The Labute approximate surface area is 189 Å². The van der Waals surface area contributed by atoms with Gasteiger partial charge in [0, 0.05) is 24.3 Å². The van der Waals surface area contributed by atoms with Crippen molar-refractivity contribution in [2.45, 2.75) is 84.0 Å². The molecule has 2 aromatic heterocycles. The molecule has 6 N–H and O–H groups in total. The van der Waals surface area contributed by atoms with E-state index in [-0.39, 0.29) is 24.0 Å². The number of nitrogen functional groups attached to an aromatic ring is 1. The number of hydrogen-bond donors (Lipinski definition) is 4. The van der Waals surface area contributed by atoms with Crippen LogP contribution in [0.25, 0.3) is 11.0 Å². The van der Waals surface area contributed by atoms with E-state index in [2.05, 4.69) is 47.8 Å². The third-order valence-corrected chi connectivity index (χ3v) is 6.32. The van der Waals surface area contributed by atoms with Gasteiger partial charge in [-0.2, -0.15) is 10.1 Å². The highest BCUT2D eigenvalue weighted by molar-refractivity contribution is 5.87. The molecule has 32 heavy (non-hydrogen) atoms. The van der Waals surface area contributed by atoms with Gasteiger partial charge in [0.1, 0.15) is 0 Å². The molecule has 2 heterocycles. The lowest BCUT2D eigenvalue weighted by Gasteiger charge is -2.25. The van der Waals surface area contributed by atoms with Crippen LogP contribution >= 0.6 is 0 Å². The Morgan fingerprint density at radius 3 is 2.62 bits per heavy atom. The van der Waals surface area contributed by atoms with E-state index in [0.717, 1.165) is 47.2 Å². The summed E-state index contributed by atoms with van der Waals surface area (Å²) >= 11 is 0. The van der Waals surface area contributed by atoms with Crippen LogP contribution < -0.4 is 22.4 Å². The van der Waals surface area contributed by atoms with Gasteiger partial charge >= 0.3 is 0 Å². The Morgan fingerprint density at radius 2 is 1.94 bits per heavy atom. The van der Waals surface area contributed by atoms with Gasteiger partial charge in [-0.25, -0.2) is 4.99 Å². The van der Waals surface area contributed by atoms with Gasteiger partial charge in [0.05, 0.1) is 17.3 Å². The summed E-state index contributed by atoms with van der Waals surface area (Å²) in [5.74, 6) is 1.00. The van der Waals surface area contributed by atoms with Crippen molar-refractivity contribution in [1.29, 1.82) is 0 Å². The summed E-state index contributed by atoms with van der Waals surface area (Å²) in [7, 11) is 0. The maximum Gasteiger partial charge on any atom is 0.227 e. The van der Waals surface area contributed by atoms with Crippen LogP contribution in [0.2, 0.25) is 0 Å². The predicted molar refractivity (Wildman–Crippen MR) is 130 cm³/mol. The van der Waals surface area contributed by atoms with Crippen LogP contribution in [0.4, 0.5) is 11.5 Å². The molecule has 172 valence electrons. The molecule has 8 nitrogen and oxygen atoms in total. The topological polar surface area (TPSA) is 123 Å². The molecule has 3 aromatic rings. The molecule has 0 saturated heterocycles. The van der Waals surface area contributed by atoms with Crippen LogP contribution in [0.15, 0.2) is 29.3 Å². The summed E-state index contributed by atoms with van der Waals surface area (Å²) in [4.78, 5) is 10.1. The number of para-hydroxylation sites is 1. The number of benzene rings is 1. The minimum atomic E-state index is 0.0799. The van der Waals surface area contributed by atoms with Crippen LogP contribution in [0, 0.1) is 0 Å². The first kappa shape index (κ1) is 22.3. The van der Waals surface area contributed by atoms with E-state index in [1.165, 1.54) is 6.42 Å². The zero-order valence-corrected chi connectivity index (χ0v) is 19.6. The van der Waals surface area contributed by atoms with Crippen molar-refractivity contribution in [3.8, 4) is 0 Å². The number of nitrogens with zero attached hydrogens (tertiary/aromatic N) is 4. The Kier molecular flexibility index (Phi) is 6.50. The lowest BCUT2D eigenvalue weighted by Crippen LogP contribution is -2.39. The second-order valence-electron chi connectivity index (χ2n) is 9.41. The zero-order valence-electron chi connectivity index (χ0n) is 19.6. The number of aromatic nitrogens is 4. The lowest BCUT2D eigenvalue weighted by molar-refractivity contribution is 0.375. The number of nitrogens with one attached hydrogen (secondary N) is 2. The largest absolute Gasteiger partial charge is 0.398 e. The average Bonchev–Trinajstić information content (AvgIpc) is 3.19. The summed E-state index contributed by atoms with van der Waals surface area (Å²) in [6.45, 7) is 9.23. The van der Waals surface area contributed by atoms with Gasteiger partial charge in [-0.05, 0) is 44.2 Å². The fourth-order valence-electron chi connectivity index (χ4n) is 4.49. The van der Waals surface area contributed by atoms with Crippen molar-refractivity contribution in [3.63, 3.8) is 0 Å². The maximum atomic E-state index is 6.43. The summed E-state index contributed by atoms with van der Waals surface area (Å²) in [5.41, 5.74) is 18.0. The lowest BCUT2D eigenvalue weighted by atomic mass is 9.91. The van der Waals surface area contributed by atoms with Crippen LogP contribution in [-0.2, 0) is 6.54 Å². The number of rotatable bonds is 6. The van der Waals surface area contributed by atoms with Crippen molar-refractivity contribution >= 4 is 22.5 Å². The zero-order chi connectivity index (χ0) is 22.8. The first-order chi connectivity index (χ1) is 15.4. The van der Waals surface area contributed by atoms with Crippen molar-refractivity contribution in [3.05, 3.63) is 41.1 Å². The Bertz CT molecular complexity index is 1140. The molecule has 4 rings (SSSR count). The van der Waals surface area contributed by atoms with Crippen molar-refractivity contribution in [2.75, 3.05) is 11.1 Å². The molecule has 0 aliphatic heterocycles. The molecule has 1 fully saturated rings.